The van der Waals surface area contributed by atoms with E-state index >= 15 is 0 Å². The van der Waals surface area contributed by atoms with Crippen LogP contribution < -0.4 is 27.0 Å². The molecule has 0 spiro atoms. The molecule has 4 aliphatic heterocycles. The van der Waals surface area contributed by atoms with E-state index in [0.29, 0.717) is 24.9 Å². The molecule has 4 saturated heterocycles. The predicted molar refractivity (Wildman–Crippen MR) is 261 cm³/mol. The number of carbonyl (C=O) groups is 2. The number of rotatable bonds is 19. The summed E-state index contributed by atoms with van der Waals surface area (Å²) in [7, 11) is 0. The highest BCUT2D eigenvalue weighted by atomic mass is 16.4. The number of aliphatic carboxylic acids is 2. The predicted octanol–water partition coefficient (Wildman–Crippen LogP) is 10.4. The molecule has 4 rings (SSSR count). The van der Waals surface area contributed by atoms with E-state index in [-0.39, 0.29) is 62.6 Å². The third-order valence-electron chi connectivity index (χ3n) is 14.9. The molecule has 10 nitrogen and oxygen atoms in total. The Bertz CT molecular complexity index is 1290. The molecule has 364 valence electrons. The Morgan fingerprint density at radius 2 is 0.790 bits per heavy atom. The first kappa shape index (κ1) is 55.0. The summed E-state index contributed by atoms with van der Waals surface area (Å²) in [4.78, 5) is 27.1. The fourth-order valence-corrected chi connectivity index (χ4v) is 14.3. The van der Waals surface area contributed by atoms with E-state index in [2.05, 4.69) is 137 Å². The van der Waals surface area contributed by atoms with E-state index in [1.54, 1.807) is 0 Å². The number of carboxylic acids is 2. The van der Waals surface area contributed by atoms with E-state index in [1.165, 1.54) is 57.9 Å². The van der Waals surface area contributed by atoms with Crippen molar-refractivity contribution in [1.82, 2.24) is 26.2 Å². The van der Waals surface area contributed by atoms with Gasteiger partial charge in [-0.3, -0.25) is 14.5 Å². The van der Waals surface area contributed by atoms with Gasteiger partial charge in [0.25, 0.3) is 0 Å². The average molecular weight is 875 g/mol. The first-order valence-corrected chi connectivity index (χ1v) is 25.2. The van der Waals surface area contributed by atoms with Crippen molar-refractivity contribution in [1.29, 1.82) is 0 Å². The number of nitrogens with two attached hydrogens (primary N) is 1. The molecule has 0 aromatic rings. The minimum absolute atomic E-state index is 0.109. The van der Waals surface area contributed by atoms with Crippen LogP contribution in [0.15, 0.2) is 0 Å². The van der Waals surface area contributed by atoms with Gasteiger partial charge in [-0.15, -0.1) is 0 Å². The second-order valence-electron chi connectivity index (χ2n) is 26.4. The molecular weight excluding hydrogens is 773 g/mol. The van der Waals surface area contributed by atoms with Gasteiger partial charge in [0.2, 0.25) is 0 Å². The molecule has 4 fully saturated rings. The highest BCUT2D eigenvalue weighted by Crippen LogP contribution is 2.55. The Hall–Kier alpha value is -1.30. The Kier molecular flexibility index (Phi) is 18.7. The van der Waals surface area contributed by atoms with Gasteiger partial charge >= 0.3 is 11.9 Å². The zero-order chi connectivity index (χ0) is 47.2. The minimum Gasteiger partial charge on any atom is -0.481 e. The first-order valence-electron chi connectivity index (χ1n) is 25.2. The molecule has 0 aliphatic carbocycles. The fraction of sp³-hybridized carbons (Fsp3) is 0.962. The highest BCUT2D eigenvalue weighted by molar-refractivity contribution is 5.76. The smallest absolute Gasteiger partial charge is 0.310 e. The number of carboxylic acid groups (broad SMARTS) is 2. The highest BCUT2D eigenvalue weighted by Gasteiger charge is 2.58. The van der Waals surface area contributed by atoms with Gasteiger partial charge in [-0.1, -0.05) is 38.5 Å². The van der Waals surface area contributed by atoms with Crippen LogP contribution in [0.2, 0.25) is 0 Å². The molecule has 0 aromatic heterocycles. The first-order chi connectivity index (χ1) is 28.1. The van der Waals surface area contributed by atoms with Crippen LogP contribution in [-0.2, 0) is 9.59 Å². The Balaban J connectivity index is 0.000000336. The van der Waals surface area contributed by atoms with E-state index in [4.69, 9.17) is 10.8 Å². The quantitative estimate of drug-likeness (QED) is 0.0625. The van der Waals surface area contributed by atoms with Crippen LogP contribution in [0.3, 0.4) is 0 Å². The Morgan fingerprint density at radius 3 is 1.13 bits per heavy atom. The number of hydrogen-bond acceptors (Lipinski definition) is 8. The van der Waals surface area contributed by atoms with Crippen molar-refractivity contribution >= 4 is 11.9 Å². The molecule has 0 unspecified atom stereocenters. The van der Waals surface area contributed by atoms with Crippen molar-refractivity contribution in [3.63, 3.8) is 0 Å². The summed E-state index contributed by atoms with van der Waals surface area (Å²) in [5, 5.41) is 35.1. The molecule has 0 bridgehead atoms. The van der Waals surface area contributed by atoms with Crippen molar-refractivity contribution < 1.29 is 19.8 Å². The van der Waals surface area contributed by atoms with Gasteiger partial charge in [-0.05, 0) is 213 Å². The summed E-state index contributed by atoms with van der Waals surface area (Å²) < 4.78 is 0. The minimum atomic E-state index is -0.756. The van der Waals surface area contributed by atoms with E-state index in [0.717, 1.165) is 57.9 Å². The SMILES string of the molecule is CC1(C)CC(C(CCCCCCCC(=O)O)(C(=O)O)C2CC(C)(C)NC(C)(C)C2)CC(C)(C)N1.CC1(C)CC(N(CCCCCCN)C2CC(C)(C)NC(C)(C)C2)CC(C)(C)N1. The zero-order valence-electron chi connectivity index (χ0n) is 43.4. The van der Waals surface area contributed by atoms with Gasteiger partial charge in [0, 0.05) is 62.8 Å². The maximum absolute atomic E-state index is 13.4. The van der Waals surface area contributed by atoms with E-state index in [1.807, 2.05) is 0 Å². The normalized spacial score (nSPS) is 25.8. The molecule has 4 heterocycles. The summed E-state index contributed by atoms with van der Waals surface area (Å²) in [6, 6.07) is 1.32. The van der Waals surface area contributed by atoms with Gasteiger partial charge in [0.05, 0.1) is 5.41 Å². The summed E-state index contributed by atoms with van der Waals surface area (Å²) in [5.74, 6) is -1.14. The molecule has 0 amide bonds. The molecule has 8 N–H and O–H groups in total. The third-order valence-corrected chi connectivity index (χ3v) is 14.9. The number of hydrogen-bond donors (Lipinski definition) is 7. The Labute approximate surface area is 382 Å². The van der Waals surface area contributed by atoms with Gasteiger partial charge in [0.15, 0.2) is 0 Å². The average Bonchev–Trinajstić information content (AvgIpc) is 3.02. The summed E-state index contributed by atoms with van der Waals surface area (Å²) in [6.07, 6.45) is 18.8. The molecule has 0 atom stereocenters. The summed E-state index contributed by atoms with van der Waals surface area (Å²) in [6.45, 7) is 38.9. The maximum atomic E-state index is 13.4. The molecule has 0 saturated carbocycles. The van der Waals surface area contributed by atoms with Crippen LogP contribution in [0.4, 0.5) is 0 Å². The van der Waals surface area contributed by atoms with Crippen molar-refractivity contribution in [2.45, 2.75) is 289 Å². The van der Waals surface area contributed by atoms with Crippen molar-refractivity contribution in [2.24, 2.45) is 23.0 Å². The molecule has 4 aliphatic rings. The van der Waals surface area contributed by atoms with Crippen LogP contribution in [0.1, 0.15) is 233 Å². The molecule has 10 heteroatoms. The number of nitrogens with zero attached hydrogens (tertiary/aromatic N) is 1. The van der Waals surface area contributed by atoms with Gasteiger partial charge in [-0.25, -0.2) is 0 Å². The summed E-state index contributed by atoms with van der Waals surface area (Å²) >= 11 is 0. The topological polar surface area (TPSA) is 152 Å². The monoisotopic (exact) mass is 875 g/mol. The second-order valence-corrected chi connectivity index (χ2v) is 26.4. The number of piperidine rings is 4. The number of unbranched alkanes of at least 4 members (excludes halogenated alkanes) is 7. The lowest BCUT2D eigenvalue weighted by Gasteiger charge is -2.57. The second kappa shape index (κ2) is 21.1. The van der Waals surface area contributed by atoms with Gasteiger partial charge in [-0.2, -0.15) is 0 Å². The van der Waals surface area contributed by atoms with Crippen LogP contribution in [-0.4, -0.2) is 96.5 Å². The lowest BCUT2D eigenvalue weighted by Crippen LogP contribution is -2.67. The van der Waals surface area contributed by atoms with Crippen LogP contribution in [0, 0.1) is 17.3 Å². The van der Waals surface area contributed by atoms with E-state index in [9.17, 15) is 14.7 Å². The van der Waals surface area contributed by atoms with Crippen molar-refractivity contribution in [3.8, 4) is 0 Å². The molecule has 62 heavy (non-hydrogen) atoms. The van der Waals surface area contributed by atoms with Gasteiger partial charge in [0.1, 0.15) is 0 Å². The Morgan fingerprint density at radius 1 is 0.484 bits per heavy atom. The van der Waals surface area contributed by atoms with Crippen LogP contribution >= 0.6 is 0 Å². The third kappa shape index (κ3) is 17.2. The van der Waals surface area contributed by atoms with Crippen molar-refractivity contribution in [3.05, 3.63) is 0 Å². The standard InChI is InChI=1S/C28H52N2O4.C24H50N4/c1-24(2)16-20(17-25(3,4)29-24)28(23(33)34,15-13-11-9-10-12-14-22(31)32)21-18-26(5,6)30-27(7,8)19-21;1-21(2)15-19(16-22(3,4)26-21)28(14-12-10-9-11-13-25)20-17-23(5,6)27-24(7,8)18-20/h20-21,29-30H,9-19H2,1-8H3,(H,31,32)(H,33,34);19-20,26-27H,9-18,25H2,1-8H3. The molecule has 0 aromatic carbocycles. The van der Waals surface area contributed by atoms with Crippen molar-refractivity contribution in [2.75, 3.05) is 13.1 Å². The molecule has 0 radical (unpaired) electrons. The summed E-state index contributed by atoms with van der Waals surface area (Å²) in [5.41, 5.74) is 5.29. The fourth-order valence-electron chi connectivity index (χ4n) is 14.3. The molecular formula is C52H102N6O4. The van der Waals surface area contributed by atoms with Gasteiger partial charge < -0.3 is 37.2 Å². The zero-order valence-corrected chi connectivity index (χ0v) is 43.4. The number of nitrogens with one attached hydrogen (secondary N) is 4. The lowest BCUT2D eigenvalue weighted by molar-refractivity contribution is -0.166. The van der Waals surface area contributed by atoms with E-state index < -0.39 is 17.4 Å². The largest absolute Gasteiger partial charge is 0.481 e. The maximum Gasteiger partial charge on any atom is 0.310 e. The van der Waals surface area contributed by atoms with Crippen LogP contribution in [0.5, 0.6) is 0 Å². The van der Waals surface area contributed by atoms with Crippen LogP contribution in [0.25, 0.3) is 0 Å². The lowest BCUT2D eigenvalue weighted by atomic mass is 9.52.